The third kappa shape index (κ3) is 3.90. The molecule has 16 heavy (non-hydrogen) atoms. The molecule has 1 N–H and O–H groups in total. The van der Waals surface area contributed by atoms with Crippen LogP contribution in [0.4, 0.5) is 0 Å². The molecular formula is C10H14ClN3O2. The van der Waals surface area contributed by atoms with E-state index in [0.717, 1.165) is 5.82 Å². The molecule has 0 bridgehead atoms. The highest BCUT2D eigenvalue weighted by Crippen LogP contribution is 1.93. The SMILES string of the molecule is C=C=CCOCn1cc[n+](C)c1/C=N/O.[Cl-]. The molecule has 0 aliphatic heterocycles. The van der Waals surface area contributed by atoms with E-state index >= 15 is 0 Å². The van der Waals surface area contributed by atoms with Crippen molar-refractivity contribution in [1.82, 2.24) is 4.57 Å². The summed E-state index contributed by atoms with van der Waals surface area (Å²) in [5.41, 5.74) is 2.62. The number of oxime groups is 1. The molecule has 0 aliphatic rings. The Morgan fingerprint density at radius 2 is 2.50 bits per heavy atom. The molecule has 0 amide bonds. The standard InChI is InChI=1S/C10H13N3O2.ClH/c1-3-4-7-15-9-13-6-5-12(2)10(13)8-11-14;/h4-6,8H,1,7,9H2,2H3;1H. The van der Waals surface area contributed by atoms with Gasteiger partial charge in [-0.1, -0.05) is 11.7 Å². The summed E-state index contributed by atoms with van der Waals surface area (Å²) in [4.78, 5) is 0. The van der Waals surface area contributed by atoms with Crippen molar-refractivity contribution in [2.45, 2.75) is 6.73 Å². The van der Waals surface area contributed by atoms with Gasteiger partial charge in [0.1, 0.15) is 12.4 Å². The van der Waals surface area contributed by atoms with Crippen molar-refractivity contribution in [2.24, 2.45) is 12.2 Å². The van der Waals surface area contributed by atoms with Crippen LogP contribution in [0.2, 0.25) is 0 Å². The zero-order chi connectivity index (χ0) is 11.1. The van der Waals surface area contributed by atoms with Gasteiger partial charge in [-0.25, -0.2) is 9.13 Å². The molecule has 1 aromatic heterocycles. The highest BCUT2D eigenvalue weighted by Gasteiger charge is 2.11. The number of nitrogens with zero attached hydrogens (tertiary/aromatic N) is 3. The minimum Gasteiger partial charge on any atom is -1.00 e. The number of hydrogen-bond acceptors (Lipinski definition) is 3. The average Bonchev–Trinajstić information content (AvgIpc) is 2.57. The van der Waals surface area contributed by atoms with E-state index < -0.39 is 0 Å². The monoisotopic (exact) mass is 243 g/mol. The first-order valence-corrected chi connectivity index (χ1v) is 4.44. The van der Waals surface area contributed by atoms with Crippen molar-refractivity contribution in [1.29, 1.82) is 0 Å². The molecule has 1 heterocycles. The second-order valence-corrected chi connectivity index (χ2v) is 2.89. The Kier molecular flexibility index (Phi) is 6.96. The molecule has 6 heteroatoms. The Morgan fingerprint density at radius 1 is 1.75 bits per heavy atom. The molecule has 0 atom stereocenters. The van der Waals surface area contributed by atoms with Gasteiger partial charge in [0, 0.05) is 0 Å². The van der Waals surface area contributed by atoms with E-state index in [9.17, 15) is 0 Å². The van der Waals surface area contributed by atoms with Crippen LogP contribution in [0, 0.1) is 0 Å². The molecule has 5 nitrogen and oxygen atoms in total. The van der Waals surface area contributed by atoms with E-state index in [1.165, 1.54) is 6.21 Å². The minimum absolute atomic E-state index is 0. The fourth-order valence-electron chi connectivity index (χ4n) is 1.13. The first kappa shape index (κ1) is 14.5. The van der Waals surface area contributed by atoms with Crippen LogP contribution in [0.25, 0.3) is 0 Å². The maximum atomic E-state index is 8.47. The van der Waals surface area contributed by atoms with Crippen molar-refractivity contribution < 1.29 is 26.9 Å². The van der Waals surface area contributed by atoms with Gasteiger partial charge in [-0.2, -0.15) is 0 Å². The van der Waals surface area contributed by atoms with Gasteiger partial charge in [0.2, 0.25) is 0 Å². The molecule has 1 rings (SSSR count). The van der Waals surface area contributed by atoms with Crippen LogP contribution in [-0.2, 0) is 18.5 Å². The number of aromatic nitrogens is 2. The number of rotatable bonds is 5. The molecule has 88 valence electrons. The molecule has 0 saturated carbocycles. The van der Waals surface area contributed by atoms with Crippen LogP contribution in [0.3, 0.4) is 0 Å². The van der Waals surface area contributed by atoms with Gasteiger partial charge in [0.25, 0.3) is 0 Å². The van der Waals surface area contributed by atoms with Gasteiger partial charge < -0.3 is 22.4 Å². The number of aryl methyl sites for hydroxylation is 1. The Hall–Kier alpha value is -1.55. The summed E-state index contributed by atoms with van der Waals surface area (Å²) in [5.74, 6) is 0.750. The molecule has 0 saturated heterocycles. The lowest BCUT2D eigenvalue weighted by atomic mass is 10.6. The average molecular weight is 244 g/mol. The van der Waals surface area contributed by atoms with Crippen molar-refractivity contribution >= 4 is 6.21 Å². The normalized spacial score (nSPS) is 9.81. The first-order chi connectivity index (χ1) is 7.29. The fourth-order valence-corrected chi connectivity index (χ4v) is 1.13. The van der Waals surface area contributed by atoms with E-state index in [4.69, 9.17) is 9.94 Å². The smallest absolute Gasteiger partial charge is 0.305 e. The lowest BCUT2D eigenvalue weighted by molar-refractivity contribution is -0.672. The zero-order valence-corrected chi connectivity index (χ0v) is 9.76. The van der Waals surface area contributed by atoms with Gasteiger partial charge in [0.15, 0.2) is 12.9 Å². The van der Waals surface area contributed by atoms with E-state index in [2.05, 4.69) is 17.5 Å². The summed E-state index contributed by atoms with van der Waals surface area (Å²) in [7, 11) is 1.86. The van der Waals surface area contributed by atoms with Crippen molar-refractivity contribution in [3.05, 3.63) is 36.6 Å². The number of hydrogen-bond donors (Lipinski definition) is 1. The third-order valence-electron chi connectivity index (χ3n) is 1.87. The number of halogens is 1. The molecule has 0 fully saturated rings. The van der Waals surface area contributed by atoms with E-state index in [1.54, 1.807) is 6.08 Å². The topological polar surface area (TPSA) is 50.6 Å². The quantitative estimate of drug-likeness (QED) is 0.155. The number of ether oxygens (including phenoxy) is 1. The Bertz CT molecular complexity index is 395. The summed E-state index contributed by atoms with van der Waals surface area (Å²) in [6, 6.07) is 0. The lowest BCUT2D eigenvalue weighted by Crippen LogP contribution is -3.00. The maximum absolute atomic E-state index is 8.47. The molecule has 1 aromatic rings. The van der Waals surface area contributed by atoms with E-state index in [1.807, 2.05) is 28.6 Å². The van der Waals surface area contributed by atoms with Gasteiger partial charge in [-0.05, 0) is 6.08 Å². The highest BCUT2D eigenvalue weighted by atomic mass is 35.5. The molecular weight excluding hydrogens is 230 g/mol. The van der Waals surface area contributed by atoms with Gasteiger partial charge >= 0.3 is 5.82 Å². The van der Waals surface area contributed by atoms with E-state index in [0.29, 0.717) is 13.3 Å². The van der Waals surface area contributed by atoms with Gasteiger partial charge in [0.05, 0.1) is 13.7 Å². The summed E-state index contributed by atoms with van der Waals surface area (Å²) >= 11 is 0. The largest absolute Gasteiger partial charge is 1.00 e. The predicted octanol–water partition coefficient (Wildman–Crippen LogP) is -2.56. The predicted molar refractivity (Wildman–Crippen MR) is 54.7 cm³/mol. The highest BCUT2D eigenvalue weighted by molar-refractivity contribution is 5.72. The minimum atomic E-state index is 0. The van der Waals surface area contributed by atoms with Crippen LogP contribution >= 0.6 is 0 Å². The first-order valence-electron chi connectivity index (χ1n) is 4.44. The Balaban J connectivity index is 0.00000225. The zero-order valence-electron chi connectivity index (χ0n) is 9.01. The van der Waals surface area contributed by atoms with E-state index in [-0.39, 0.29) is 12.4 Å². The summed E-state index contributed by atoms with van der Waals surface area (Å²) in [6.45, 7) is 4.28. The Labute approximate surface area is 100 Å². The van der Waals surface area contributed by atoms with Crippen LogP contribution in [0.15, 0.2) is 35.9 Å². The van der Waals surface area contributed by atoms with Crippen molar-refractivity contribution in [3.8, 4) is 0 Å². The van der Waals surface area contributed by atoms with Crippen molar-refractivity contribution in [2.75, 3.05) is 6.61 Å². The Morgan fingerprint density at radius 3 is 3.12 bits per heavy atom. The summed E-state index contributed by atoms with van der Waals surface area (Å²) in [6.07, 6.45) is 6.74. The third-order valence-corrected chi connectivity index (χ3v) is 1.87. The maximum Gasteiger partial charge on any atom is 0.305 e. The summed E-state index contributed by atoms with van der Waals surface area (Å²) < 4.78 is 8.95. The van der Waals surface area contributed by atoms with Crippen LogP contribution in [0.1, 0.15) is 5.82 Å². The van der Waals surface area contributed by atoms with Crippen LogP contribution < -0.4 is 17.0 Å². The molecule has 0 aliphatic carbocycles. The van der Waals surface area contributed by atoms with Crippen LogP contribution in [-0.4, -0.2) is 22.6 Å². The summed E-state index contributed by atoms with van der Waals surface area (Å²) in [5, 5.41) is 11.5. The molecule has 0 spiro atoms. The van der Waals surface area contributed by atoms with Crippen molar-refractivity contribution in [3.63, 3.8) is 0 Å². The van der Waals surface area contributed by atoms with Gasteiger partial charge in [-0.3, -0.25) is 0 Å². The van der Waals surface area contributed by atoms with Crippen LogP contribution in [0.5, 0.6) is 0 Å². The molecule has 0 unspecified atom stereocenters. The molecule has 0 aromatic carbocycles. The lowest BCUT2D eigenvalue weighted by Gasteiger charge is -1.98. The fraction of sp³-hybridized carbons (Fsp3) is 0.300. The second-order valence-electron chi connectivity index (χ2n) is 2.89. The van der Waals surface area contributed by atoms with Gasteiger partial charge in [-0.15, -0.1) is 5.73 Å². The molecule has 0 radical (unpaired) electrons. The number of imidazole rings is 1. The second kappa shape index (κ2) is 7.70.